The summed E-state index contributed by atoms with van der Waals surface area (Å²) in [5, 5.41) is 15.9. The number of halogens is 12. The number of carbonyl (C=O) groups is 2. The SMILES string of the molecule is O=C(O)C(F)(C(=O)O)C(F)(F)C(F)(F)OC(F)(F)C(F)(F)C(F)(F)F. The van der Waals surface area contributed by atoms with Crippen molar-refractivity contribution in [1.82, 2.24) is 0 Å². The van der Waals surface area contributed by atoms with Crippen molar-refractivity contribution < 1.29 is 77.2 Å². The third kappa shape index (κ3) is 3.28. The lowest BCUT2D eigenvalue weighted by Crippen LogP contribution is -2.67. The van der Waals surface area contributed by atoms with Gasteiger partial charge < -0.3 is 10.2 Å². The first-order valence-corrected chi connectivity index (χ1v) is 5.03. The molecule has 25 heavy (non-hydrogen) atoms. The van der Waals surface area contributed by atoms with Gasteiger partial charge in [0.2, 0.25) is 0 Å². The first-order chi connectivity index (χ1) is 10.6. The van der Waals surface area contributed by atoms with Gasteiger partial charge in [-0.05, 0) is 0 Å². The molecular formula is C8H2F12O5. The highest BCUT2D eigenvalue weighted by atomic mass is 19.4. The number of aliphatic carboxylic acids is 2. The second-order valence-electron chi connectivity index (χ2n) is 4.05. The van der Waals surface area contributed by atoms with Crippen LogP contribution in [0.15, 0.2) is 0 Å². The molecule has 0 bridgehead atoms. The van der Waals surface area contributed by atoms with Crippen molar-refractivity contribution >= 4 is 11.9 Å². The molecule has 0 atom stereocenters. The lowest BCUT2D eigenvalue weighted by atomic mass is 9.96. The maximum atomic E-state index is 13.3. The molecule has 0 rings (SSSR count). The van der Waals surface area contributed by atoms with Crippen molar-refractivity contribution in [2.24, 2.45) is 0 Å². The second-order valence-corrected chi connectivity index (χ2v) is 4.05. The van der Waals surface area contributed by atoms with Gasteiger partial charge in [0.25, 0.3) is 0 Å². The van der Waals surface area contributed by atoms with Crippen LogP contribution in [-0.2, 0) is 14.3 Å². The highest BCUT2D eigenvalue weighted by molar-refractivity contribution is 6.03. The van der Waals surface area contributed by atoms with E-state index >= 15 is 0 Å². The zero-order valence-corrected chi connectivity index (χ0v) is 10.7. The molecule has 0 unspecified atom stereocenters. The summed E-state index contributed by atoms with van der Waals surface area (Å²) in [5.74, 6) is -22.7. The molecule has 0 saturated heterocycles. The van der Waals surface area contributed by atoms with E-state index in [9.17, 15) is 62.3 Å². The molecule has 148 valence electrons. The molecule has 2 N–H and O–H groups in total. The average molecular weight is 406 g/mol. The molecule has 0 aromatic carbocycles. The third-order valence-corrected chi connectivity index (χ3v) is 2.37. The lowest BCUT2D eigenvalue weighted by Gasteiger charge is -2.35. The quantitative estimate of drug-likeness (QED) is 0.502. The molecule has 0 amide bonds. The number of carboxylic acid groups (broad SMARTS) is 2. The van der Waals surface area contributed by atoms with Crippen molar-refractivity contribution in [2.75, 3.05) is 0 Å². The van der Waals surface area contributed by atoms with Crippen LogP contribution < -0.4 is 0 Å². The van der Waals surface area contributed by atoms with Crippen LogP contribution in [0.5, 0.6) is 0 Å². The van der Waals surface area contributed by atoms with Gasteiger partial charge in [-0.2, -0.15) is 48.3 Å². The maximum absolute atomic E-state index is 13.3. The molecule has 0 spiro atoms. The van der Waals surface area contributed by atoms with Crippen LogP contribution in [0.3, 0.4) is 0 Å². The zero-order valence-electron chi connectivity index (χ0n) is 10.7. The number of carboxylic acids is 2. The second kappa shape index (κ2) is 5.80. The Balaban J connectivity index is 6.17. The van der Waals surface area contributed by atoms with E-state index in [0.29, 0.717) is 0 Å². The van der Waals surface area contributed by atoms with E-state index < -0.39 is 47.8 Å². The molecule has 0 aliphatic heterocycles. The van der Waals surface area contributed by atoms with E-state index in [4.69, 9.17) is 10.2 Å². The fraction of sp³-hybridized carbons (Fsp3) is 0.750. The van der Waals surface area contributed by atoms with Crippen LogP contribution in [0.4, 0.5) is 52.7 Å². The summed E-state index contributed by atoms with van der Waals surface area (Å²) in [4.78, 5) is 20.3. The predicted molar refractivity (Wildman–Crippen MR) is 46.0 cm³/mol. The van der Waals surface area contributed by atoms with Crippen molar-refractivity contribution in [3.63, 3.8) is 0 Å². The van der Waals surface area contributed by atoms with E-state index in [0.717, 1.165) is 0 Å². The van der Waals surface area contributed by atoms with Gasteiger partial charge in [0.15, 0.2) is 0 Å². The van der Waals surface area contributed by atoms with Crippen LogP contribution in [0.1, 0.15) is 0 Å². The Morgan fingerprint density at radius 2 is 0.880 bits per heavy atom. The first kappa shape index (κ1) is 23.1. The summed E-state index contributed by atoms with van der Waals surface area (Å²) in [5.41, 5.74) is -6.43. The molecule has 0 heterocycles. The Labute approximate surface area is 126 Å². The van der Waals surface area contributed by atoms with Gasteiger partial charge in [-0.1, -0.05) is 0 Å². The minimum atomic E-state index is -7.52. The fourth-order valence-corrected chi connectivity index (χ4v) is 1.01. The Hall–Kier alpha value is -1.94. The lowest BCUT2D eigenvalue weighted by molar-refractivity contribution is -0.501. The normalized spacial score (nSPS) is 15.2. The largest absolute Gasteiger partial charge is 0.478 e. The Kier molecular flexibility index (Phi) is 5.35. The van der Waals surface area contributed by atoms with Crippen molar-refractivity contribution in [3.8, 4) is 0 Å². The number of hydrogen-bond donors (Lipinski definition) is 2. The van der Waals surface area contributed by atoms with E-state index in [2.05, 4.69) is 0 Å². The number of alkyl halides is 12. The van der Waals surface area contributed by atoms with Crippen LogP contribution >= 0.6 is 0 Å². The predicted octanol–water partition coefficient (Wildman–Crippen LogP) is 2.90. The number of hydrogen-bond acceptors (Lipinski definition) is 3. The number of rotatable bonds is 7. The van der Waals surface area contributed by atoms with Gasteiger partial charge >= 0.3 is 47.8 Å². The van der Waals surface area contributed by atoms with Gasteiger partial charge in [-0.3, -0.25) is 0 Å². The molecule has 0 saturated carbocycles. The molecule has 0 aromatic rings. The summed E-state index contributed by atoms with van der Waals surface area (Å²) in [7, 11) is 0. The van der Waals surface area contributed by atoms with Crippen LogP contribution in [0.2, 0.25) is 0 Å². The van der Waals surface area contributed by atoms with E-state index in [1.165, 1.54) is 4.74 Å². The number of ether oxygens (including phenoxy) is 1. The molecule has 0 radical (unpaired) electrons. The molecule has 17 heteroatoms. The fourth-order valence-electron chi connectivity index (χ4n) is 1.01. The van der Waals surface area contributed by atoms with Gasteiger partial charge in [0.05, 0.1) is 0 Å². The Morgan fingerprint density at radius 3 is 1.12 bits per heavy atom. The monoisotopic (exact) mass is 406 g/mol. The summed E-state index contributed by atoms with van der Waals surface area (Å²) in [6.45, 7) is 0. The maximum Gasteiger partial charge on any atom is 0.462 e. The minimum Gasteiger partial charge on any atom is -0.478 e. The minimum absolute atomic E-state index is 1.37. The van der Waals surface area contributed by atoms with E-state index in [1.807, 2.05) is 0 Å². The average Bonchev–Trinajstić information content (AvgIpc) is 2.33. The van der Waals surface area contributed by atoms with Crippen molar-refractivity contribution in [1.29, 1.82) is 0 Å². The van der Waals surface area contributed by atoms with Crippen molar-refractivity contribution in [3.05, 3.63) is 0 Å². The van der Waals surface area contributed by atoms with Crippen LogP contribution in [-0.4, -0.2) is 58.1 Å². The third-order valence-electron chi connectivity index (χ3n) is 2.37. The summed E-state index contributed by atoms with van der Waals surface area (Å²) < 4.78 is 152. The zero-order chi connectivity index (χ0) is 20.9. The molecule has 0 aromatic heterocycles. The smallest absolute Gasteiger partial charge is 0.462 e. The summed E-state index contributed by atoms with van der Waals surface area (Å²) in [6, 6.07) is 0. The summed E-state index contributed by atoms with van der Waals surface area (Å²) in [6.07, 6.45) is -22.2. The standard InChI is InChI=1S/C8H2F12O5/c9-3(1(21)22,2(23)24)4(10,11)7(17,18)25-8(19,20)5(12,13)6(14,15)16/h(H,21,22)(H,23,24). The highest BCUT2D eigenvalue weighted by Gasteiger charge is 2.84. The summed E-state index contributed by atoms with van der Waals surface area (Å²) >= 11 is 0. The first-order valence-electron chi connectivity index (χ1n) is 5.03. The topological polar surface area (TPSA) is 83.8 Å². The van der Waals surface area contributed by atoms with Crippen LogP contribution in [0, 0.1) is 0 Å². The molecular weight excluding hydrogens is 404 g/mol. The van der Waals surface area contributed by atoms with Gasteiger partial charge in [-0.25, -0.2) is 18.7 Å². The van der Waals surface area contributed by atoms with E-state index in [1.54, 1.807) is 0 Å². The molecule has 0 aliphatic rings. The van der Waals surface area contributed by atoms with Gasteiger partial charge in [-0.15, -0.1) is 0 Å². The van der Waals surface area contributed by atoms with Crippen LogP contribution in [0.25, 0.3) is 0 Å². The van der Waals surface area contributed by atoms with Crippen molar-refractivity contribution in [2.45, 2.75) is 35.9 Å². The van der Waals surface area contributed by atoms with Gasteiger partial charge in [0.1, 0.15) is 0 Å². The Morgan fingerprint density at radius 1 is 0.600 bits per heavy atom. The molecule has 5 nitrogen and oxygen atoms in total. The Bertz CT molecular complexity index is 538. The molecule has 0 aliphatic carbocycles. The highest BCUT2D eigenvalue weighted by Crippen LogP contribution is 2.53. The molecule has 0 fully saturated rings. The van der Waals surface area contributed by atoms with Gasteiger partial charge in [0, 0.05) is 0 Å². The van der Waals surface area contributed by atoms with E-state index in [-0.39, 0.29) is 0 Å².